The van der Waals surface area contributed by atoms with Crippen LogP contribution in [0.3, 0.4) is 0 Å². The average molecular weight is 490 g/mol. The van der Waals surface area contributed by atoms with E-state index < -0.39 is 0 Å². The van der Waals surface area contributed by atoms with Gasteiger partial charge in [0.2, 0.25) is 6.79 Å². The number of aromatic nitrogens is 1. The van der Waals surface area contributed by atoms with Gasteiger partial charge in [-0.25, -0.2) is 9.18 Å². The lowest BCUT2D eigenvalue weighted by atomic mass is 9.82. The van der Waals surface area contributed by atoms with E-state index in [-0.39, 0.29) is 41.9 Å². The lowest BCUT2D eigenvalue weighted by Crippen LogP contribution is -2.50. The van der Waals surface area contributed by atoms with Crippen molar-refractivity contribution in [3.05, 3.63) is 82.0 Å². The third-order valence-electron chi connectivity index (χ3n) is 6.86. The number of rotatable bonds is 3. The molecule has 0 radical (unpaired) electrons. The minimum Gasteiger partial charge on any atom is -0.454 e. The van der Waals surface area contributed by atoms with Gasteiger partial charge in [0.05, 0.1) is 5.69 Å². The van der Waals surface area contributed by atoms with E-state index in [0.717, 1.165) is 6.42 Å². The van der Waals surface area contributed by atoms with Crippen molar-refractivity contribution in [3.63, 3.8) is 0 Å². The topological polar surface area (TPSA) is 102 Å². The molecule has 0 saturated carbocycles. The van der Waals surface area contributed by atoms with Gasteiger partial charge in [-0.05, 0) is 60.9 Å². The van der Waals surface area contributed by atoms with Crippen molar-refractivity contribution in [1.29, 1.82) is 0 Å². The molecule has 36 heavy (non-hydrogen) atoms. The van der Waals surface area contributed by atoms with Crippen molar-refractivity contribution < 1.29 is 23.5 Å². The van der Waals surface area contributed by atoms with E-state index in [2.05, 4.69) is 10.6 Å². The number of anilines is 2. The number of urea groups is 1. The number of ether oxygens (including phenoxy) is 2. The number of carbonyl (C=O) groups is 2. The molecule has 3 aliphatic heterocycles. The Balaban J connectivity index is 1.24. The molecule has 3 aliphatic rings. The second-order valence-electron chi connectivity index (χ2n) is 9.24. The summed E-state index contributed by atoms with van der Waals surface area (Å²) in [5.41, 5.74) is 2.03. The number of amides is 3. The third-order valence-corrected chi connectivity index (χ3v) is 6.86. The zero-order valence-corrected chi connectivity index (χ0v) is 19.2. The van der Waals surface area contributed by atoms with E-state index in [1.807, 2.05) is 0 Å². The predicted molar refractivity (Wildman–Crippen MR) is 129 cm³/mol. The minimum absolute atomic E-state index is 0.104. The highest BCUT2D eigenvalue weighted by molar-refractivity contribution is 6.05. The van der Waals surface area contributed by atoms with Crippen LogP contribution in [0.25, 0.3) is 0 Å². The smallest absolute Gasteiger partial charge is 0.321 e. The van der Waals surface area contributed by atoms with Crippen molar-refractivity contribution >= 4 is 23.3 Å². The molecule has 2 N–H and O–H groups in total. The monoisotopic (exact) mass is 490 g/mol. The molecule has 0 aliphatic carbocycles. The standard InChI is InChI=1S/C26H23FN4O5/c27-18-2-4-19(5-3-18)28-26(34)30-11-15-9-17(13-30)24-20(6-8-23(32)31(24)12-15)29-25(33)16-1-7-21-22(10-16)36-14-35-21/h1-8,10,15,17H,9,11-14H2,(H,28,34)(H,29,33)/t15-,17-/m1/s1. The Morgan fingerprint density at radius 2 is 1.72 bits per heavy atom. The number of hydrogen-bond donors (Lipinski definition) is 2. The van der Waals surface area contributed by atoms with Crippen molar-refractivity contribution in [1.82, 2.24) is 9.47 Å². The van der Waals surface area contributed by atoms with Crippen molar-refractivity contribution in [2.45, 2.75) is 18.9 Å². The maximum Gasteiger partial charge on any atom is 0.321 e. The van der Waals surface area contributed by atoms with Crippen LogP contribution in [0.1, 0.15) is 28.4 Å². The Kier molecular flexibility index (Phi) is 5.36. The molecular weight excluding hydrogens is 467 g/mol. The fourth-order valence-electron chi connectivity index (χ4n) is 5.25. The van der Waals surface area contributed by atoms with Crippen LogP contribution in [0.5, 0.6) is 11.5 Å². The fourth-order valence-corrected chi connectivity index (χ4v) is 5.25. The molecule has 1 fully saturated rings. The van der Waals surface area contributed by atoms with Crippen LogP contribution in [0.4, 0.5) is 20.6 Å². The molecule has 3 aromatic rings. The number of hydrogen-bond acceptors (Lipinski definition) is 5. The number of halogens is 1. The SMILES string of the molecule is O=C(Nc1ccc(=O)n2c1[C@@H]1C[C@H](CN(C(=O)Nc3ccc(F)cc3)C1)C2)c1ccc2c(c1)OCO2. The summed E-state index contributed by atoms with van der Waals surface area (Å²) in [6.07, 6.45) is 0.802. The molecule has 0 spiro atoms. The van der Waals surface area contributed by atoms with Crippen molar-refractivity contribution in [2.75, 3.05) is 30.5 Å². The van der Waals surface area contributed by atoms with Crippen LogP contribution in [0, 0.1) is 11.7 Å². The molecule has 6 rings (SSSR count). The number of benzene rings is 2. The number of fused-ring (bicyclic) bond motifs is 5. The number of nitrogens with zero attached hydrogens (tertiary/aromatic N) is 2. The van der Waals surface area contributed by atoms with Crippen LogP contribution in [-0.2, 0) is 6.54 Å². The van der Waals surface area contributed by atoms with E-state index in [1.54, 1.807) is 33.7 Å². The van der Waals surface area contributed by atoms with E-state index in [4.69, 9.17) is 9.47 Å². The Morgan fingerprint density at radius 1 is 0.917 bits per heavy atom. The van der Waals surface area contributed by atoms with E-state index in [9.17, 15) is 18.8 Å². The second-order valence-corrected chi connectivity index (χ2v) is 9.24. The normalized spacial score (nSPS) is 19.4. The number of likely N-dealkylation sites (tertiary alicyclic amines) is 1. The highest BCUT2D eigenvalue weighted by Crippen LogP contribution is 2.39. The van der Waals surface area contributed by atoms with E-state index >= 15 is 0 Å². The van der Waals surface area contributed by atoms with Crippen molar-refractivity contribution in [3.8, 4) is 11.5 Å². The molecule has 2 bridgehead atoms. The van der Waals surface area contributed by atoms with E-state index in [1.165, 1.54) is 30.3 Å². The Bertz CT molecular complexity index is 1420. The van der Waals surface area contributed by atoms with Crippen LogP contribution in [0.15, 0.2) is 59.4 Å². The van der Waals surface area contributed by atoms with Gasteiger partial charge in [0.15, 0.2) is 11.5 Å². The summed E-state index contributed by atoms with van der Waals surface area (Å²) in [6, 6.07) is 13.4. The van der Waals surface area contributed by atoms with Crippen LogP contribution < -0.4 is 25.7 Å². The van der Waals surface area contributed by atoms with Crippen LogP contribution in [-0.4, -0.2) is 41.3 Å². The lowest BCUT2D eigenvalue weighted by Gasteiger charge is -2.43. The van der Waals surface area contributed by atoms with Gasteiger partial charge in [-0.3, -0.25) is 9.59 Å². The van der Waals surface area contributed by atoms with Crippen LogP contribution >= 0.6 is 0 Å². The summed E-state index contributed by atoms with van der Waals surface area (Å²) >= 11 is 0. The van der Waals surface area contributed by atoms with Gasteiger partial charge < -0.3 is 29.6 Å². The Morgan fingerprint density at radius 3 is 2.56 bits per heavy atom. The number of pyridine rings is 1. The number of carbonyl (C=O) groups excluding carboxylic acids is 2. The maximum atomic E-state index is 13.2. The highest BCUT2D eigenvalue weighted by Gasteiger charge is 2.38. The van der Waals surface area contributed by atoms with Gasteiger partial charge in [0, 0.05) is 48.6 Å². The summed E-state index contributed by atoms with van der Waals surface area (Å²) in [5.74, 6) is 0.357. The van der Waals surface area contributed by atoms with Gasteiger partial charge in [-0.1, -0.05) is 0 Å². The lowest BCUT2D eigenvalue weighted by molar-refractivity contribution is 0.102. The summed E-state index contributed by atoms with van der Waals surface area (Å²) < 4.78 is 25.6. The van der Waals surface area contributed by atoms with Gasteiger partial charge >= 0.3 is 6.03 Å². The molecule has 2 aromatic carbocycles. The van der Waals surface area contributed by atoms with Gasteiger partial charge in [-0.15, -0.1) is 0 Å². The Hall–Kier alpha value is -4.34. The first-order valence-electron chi connectivity index (χ1n) is 11.7. The third kappa shape index (κ3) is 4.04. The largest absolute Gasteiger partial charge is 0.454 e. The van der Waals surface area contributed by atoms with Gasteiger partial charge in [0.25, 0.3) is 11.5 Å². The first-order valence-corrected chi connectivity index (χ1v) is 11.7. The predicted octanol–water partition coefficient (Wildman–Crippen LogP) is 3.62. The van der Waals surface area contributed by atoms with E-state index in [0.29, 0.717) is 53.8 Å². The molecule has 1 aromatic heterocycles. The van der Waals surface area contributed by atoms with Gasteiger partial charge in [-0.2, -0.15) is 0 Å². The maximum absolute atomic E-state index is 13.2. The fraction of sp³-hybridized carbons (Fsp3) is 0.269. The molecule has 184 valence electrons. The summed E-state index contributed by atoms with van der Waals surface area (Å²) in [7, 11) is 0. The van der Waals surface area contributed by atoms with Crippen molar-refractivity contribution in [2.24, 2.45) is 5.92 Å². The minimum atomic E-state index is -0.377. The summed E-state index contributed by atoms with van der Waals surface area (Å²) in [4.78, 5) is 40.5. The number of piperidine rings is 1. The second kappa shape index (κ2) is 8.71. The number of nitrogens with one attached hydrogen (secondary N) is 2. The molecule has 3 amide bonds. The summed E-state index contributed by atoms with van der Waals surface area (Å²) in [5, 5.41) is 5.76. The molecule has 9 nitrogen and oxygen atoms in total. The molecule has 2 atom stereocenters. The van der Waals surface area contributed by atoms with Gasteiger partial charge in [0.1, 0.15) is 5.82 Å². The highest BCUT2D eigenvalue weighted by atomic mass is 19.1. The van der Waals surface area contributed by atoms with Crippen LogP contribution in [0.2, 0.25) is 0 Å². The molecular formula is C26H23FN4O5. The zero-order valence-electron chi connectivity index (χ0n) is 19.2. The summed E-state index contributed by atoms with van der Waals surface area (Å²) in [6.45, 7) is 1.46. The first-order chi connectivity index (χ1) is 17.4. The Labute approximate surface area is 205 Å². The molecule has 4 heterocycles. The molecule has 10 heteroatoms. The molecule has 0 unspecified atom stereocenters. The zero-order chi connectivity index (χ0) is 24.8. The average Bonchev–Trinajstić information content (AvgIpc) is 3.35. The molecule has 1 saturated heterocycles. The quantitative estimate of drug-likeness (QED) is 0.584. The first kappa shape index (κ1) is 22.1.